The molecule has 0 unspecified atom stereocenters. The summed E-state index contributed by atoms with van der Waals surface area (Å²) in [5.41, 5.74) is 0.630. The third-order valence-corrected chi connectivity index (χ3v) is 5.26. The smallest absolute Gasteiger partial charge is 0.410 e. The second-order valence-electron chi connectivity index (χ2n) is 8.03. The van der Waals surface area contributed by atoms with Gasteiger partial charge in [0.05, 0.1) is 0 Å². The zero-order valence-corrected chi connectivity index (χ0v) is 17.3. The van der Waals surface area contributed by atoms with Crippen LogP contribution in [0.2, 0.25) is 0 Å². The Morgan fingerprint density at radius 2 is 2.07 bits per heavy atom. The number of rotatable bonds is 4. The van der Waals surface area contributed by atoms with Crippen LogP contribution >= 0.6 is 11.3 Å². The third kappa shape index (κ3) is 5.92. The van der Waals surface area contributed by atoms with E-state index in [2.05, 4.69) is 16.4 Å². The van der Waals surface area contributed by atoms with Gasteiger partial charge in [0.1, 0.15) is 11.4 Å². The standard InChI is InChI=1S/C20H28N4O2S/c1-14-13-21-18(27-14)23-17-7-5-6-16(22-17)12-15-8-10-24(11-9-15)19(25)26-20(2,3)4/h5-7,13,15H,8-12H2,1-4H3,(H,21,22,23). The molecule has 0 aliphatic carbocycles. The van der Waals surface area contributed by atoms with Gasteiger partial charge < -0.3 is 15.0 Å². The molecule has 0 radical (unpaired) electrons. The summed E-state index contributed by atoms with van der Waals surface area (Å²) in [7, 11) is 0. The summed E-state index contributed by atoms with van der Waals surface area (Å²) in [5.74, 6) is 1.36. The monoisotopic (exact) mass is 388 g/mol. The Morgan fingerprint density at radius 3 is 2.70 bits per heavy atom. The van der Waals surface area contributed by atoms with E-state index in [1.165, 1.54) is 4.88 Å². The number of aryl methyl sites for hydroxylation is 1. The summed E-state index contributed by atoms with van der Waals surface area (Å²) in [6, 6.07) is 6.06. The molecule has 1 N–H and O–H groups in total. The van der Waals surface area contributed by atoms with Gasteiger partial charge in [-0.25, -0.2) is 14.8 Å². The highest BCUT2D eigenvalue weighted by Crippen LogP contribution is 2.24. The lowest BCUT2D eigenvalue weighted by Crippen LogP contribution is -2.42. The average Bonchev–Trinajstić information content (AvgIpc) is 2.99. The van der Waals surface area contributed by atoms with Crippen LogP contribution in [-0.4, -0.2) is 39.7 Å². The van der Waals surface area contributed by atoms with E-state index in [1.807, 2.05) is 50.9 Å². The summed E-state index contributed by atoms with van der Waals surface area (Å²) >= 11 is 1.62. The molecule has 1 saturated heterocycles. The molecule has 3 rings (SSSR count). The molecule has 3 heterocycles. The molecule has 1 fully saturated rings. The SMILES string of the molecule is Cc1cnc(Nc2cccc(CC3CCN(C(=O)OC(C)(C)C)CC3)n2)s1. The molecule has 146 valence electrons. The van der Waals surface area contributed by atoms with Crippen molar-refractivity contribution in [2.75, 3.05) is 18.4 Å². The summed E-state index contributed by atoms with van der Waals surface area (Å²) in [6.07, 6.45) is 4.53. The molecule has 0 saturated carbocycles. The van der Waals surface area contributed by atoms with Gasteiger partial charge in [0.15, 0.2) is 5.13 Å². The van der Waals surface area contributed by atoms with Crippen molar-refractivity contribution >= 4 is 28.4 Å². The Bertz CT molecular complexity index is 776. The first-order valence-electron chi connectivity index (χ1n) is 9.42. The molecule has 2 aromatic rings. The van der Waals surface area contributed by atoms with Crippen LogP contribution in [0.15, 0.2) is 24.4 Å². The van der Waals surface area contributed by atoms with Gasteiger partial charge in [0, 0.05) is 29.9 Å². The lowest BCUT2D eigenvalue weighted by molar-refractivity contribution is 0.0184. The molecule has 0 spiro atoms. The molecule has 2 aromatic heterocycles. The van der Waals surface area contributed by atoms with Crippen LogP contribution in [0.4, 0.5) is 15.7 Å². The van der Waals surface area contributed by atoms with E-state index in [1.54, 1.807) is 11.3 Å². The van der Waals surface area contributed by atoms with Crippen molar-refractivity contribution in [3.8, 4) is 0 Å². The van der Waals surface area contributed by atoms with Crippen LogP contribution in [0.5, 0.6) is 0 Å². The molecule has 6 nitrogen and oxygen atoms in total. The predicted octanol–water partition coefficient (Wildman–Crippen LogP) is 4.78. The number of thiazole rings is 1. The van der Waals surface area contributed by atoms with Crippen molar-refractivity contribution in [3.63, 3.8) is 0 Å². The molecular formula is C20H28N4O2S. The quantitative estimate of drug-likeness (QED) is 0.816. The summed E-state index contributed by atoms with van der Waals surface area (Å²) in [4.78, 5) is 24.2. The molecule has 7 heteroatoms. The van der Waals surface area contributed by atoms with Crippen LogP contribution in [0.1, 0.15) is 44.2 Å². The molecule has 27 heavy (non-hydrogen) atoms. The molecule has 0 bridgehead atoms. The molecule has 1 amide bonds. The fourth-order valence-electron chi connectivity index (χ4n) is 3.13. The van der Waals surface area contributed by atoms with Crippen molar-refractivity contribution in [2.45, 2.75) is 52.6 Å². The Labute approximate surface area is 165 Å². The van der Waals surface area contributed by atoms with Gasteiger partial charge in [-0.3, -0.25) is 0 Å². The minimum absolute atomic E-state index is 0.205. The van der Waals surface area contributed by atoms with Crippen LogP contribution < -0.4 is 5.32 Å². The van der Waals surface area contributed by atoms with Crippen LogP contribution in [0.25, 0.3) is 0 Å². The number of carbonyl (C=O) groups is 1. The van der Waals surface area contributed by atoms with Crippen molar-refractivity contribution < 1.29 is 9.53 Å². The van der Waals surface area contributed by atoms with Crippen LogP contribution in [0.3, 0.4) is 0 Å². The predicted molar refractivity (Wildman–Crippen MR) is 109 cm³/mol. The number of hydrogen-bond acceptors (Lipinski definition) is 6. The normalized spacial score (nSPS) is 15.6. The fourth-order valence-corrected chi connectivity index (χ4v) is 3.80. The number of hydrogen-bond donors (Lipinski definition) is 1. The maximum absolute atomic E-state index is 12.2. The van der Waals surface area contributed by atoms with E-state index < -0.39 is 5.60 Å². The van der Waals surface area contributed by atoms with E-state index in [0.717, 1.165) is 49.0 Å². The average molecular weight is 389 g/mol. The van der Waals surface area contributed by atoms with Gasteiger partial charge in [0.25, 0.3) is 0 Å². The summed E-state index contributed by atoms with van der Waals surface area (Å²) in [5, 5.41) is 4.14. The zero-order valence-electron chi connectivity index (χ0n) is 16.5. The van der Waals surface area contributed by atoms with E-state index in [4.69, 9.17) is 9.72 Å². The minimum Gasteiger partial charge on any atom is -0.444 e. The topological polar surface area (TPSA) is 67.4 Å². The Kier molecular flexibility index (Phi) is 5.99. The molecule has 0 atom stereocenters. The highest BCUT2D eigenvalue weighted by atomic mass is 32.1. The van der Waals surface area contributed by atoms with E-state index in [0.29, 0.717) is 5.92 Å². The second-order valence-corrected chi connectivity index (χ2v) is 9.26. The van der Waals surface area contributed by atoms with E-state index in [9.17, 15) is 4.79 Å². The van der Waals surface area contributed by atoms with Gasteiger partial charge in [-0.15, -0.1) is 11.3 Å². The third-order valence-electron chi connectivity index (χ3n) is 4.43. The number of pyridine rings is 1. The lowest BCUT2D eigenvalue weighted by atomic mass is 9.92. The number of aromatic nitrogens is 2. The fraction of sp³-hybridized carbons (Fsp3) is 0.550. The zero-order chi connectivity index (χ0) is 19.4. The van der Waals surface area contributed by atoms with Gasteiger partial charge in [-0.1, -0.05) is 6.07 Å². The molecule has 1 aliphatic heterocycles. The van der Waals surface area contributed by atoms with Crippen molar-refractivity contribution in [1.29, 1.82) is 0 Å². The Morgan fingerprint density at radius 1 is 1.33 bits per heavy atom. The summed E-state index contributed by atoms with van der Waals surface area (Å²) in [6.45, 7) is 9.23. The van der Waals surface area contributed by atoms with Gasteiger partial charge in [0.2, 0.25) is 0 Å². The lowest BCUT2D eigenvalue weighted by Gasteiger charge is -2.33. The number of amides is 1. The second kappa shape index (κ2) is 8.25. The van der Waals surface area contributed by atoms with Crippen molar-refractivity contribution in [3.05, 3.63) is 35.0 Å². The van der Waals surface area contributed by atoms with Crippen molar-refractivity contribution in [2.24, 2.45) is 5.92 Å². The largest absolute Gasteiger partial charge is 0.444 e. The Hall–Kier alpha value is -2.15. The summed E-state index contributed by atoms with van der Waals surface area (Å²) < 4.78 is 5.47. The first-order chi connectivity index (χ1) is 12.8. The molecular weight excluding hydrogens is 360 g/mol. The van der Waals surface area contributed by atoms with E-state index in [-0.39, 0.29) is 6.09 Å². The Balaban J connectivity index is 1.52. The highest BCUT2D eigenvalue weighted by molar-refractivity contribution is 7.15. The first-order valence-corrected chi connectivity index (χ1v) is 10.2. The maximum Gasteiger partial charge on any atom is 0.410 e. The number of ether oxygens (including phenoxy) is 1. The van der Waals surface area contributed by atoms with Crippen LogP contribution in [-0.2, 0) is 11.2 Å². The number of piperidine rings is 1. The maximum atomic E-state index is 12.2. The van der Waals surface area contributed by atoms with Gasteiger partial charge >= 0.3 is 6.09 Å². The molecule has 0 aromatic carbocycles. The number of nitrogens with one attached hydrogen (secondary N) is 1. The van der Waals surface area contributed by atoms with Gasteiger partial charge in [-0.05, 0) is 65.0 Å². The number of anilines is 2. The van der Waals surface area contributed by atoms with Crippen molar-refractivity contribution in [1.82, 2.24) is 14.9 Å². The van der Waals surface area contributed by atoms with E-state index >= 15 is 0 Å². The minimum atomic E-state index is -0.443. The molecule has 1 aliphatic rings. The van der Waals surface area contributed by atoms with Crippen LogP contribution in [0, 0.1) is 12.8 Å². The number of carbonyl (C=O) groups excluding carboxylic acids is 1. The first kappa shape index (κ1) is 19.6. The number of likely N-dealkylation sites (tertiary alicyclic amines) is 1. The van der Waals surface area contributed by atoms with Gasteiger partial charge in [-0.2, -0.15) is 0 Å². The highest BCUT2D eigenvalue weighted by Gasteiger charge is 2.27. The number of nitrogens with zero attached hydrogens (tertiary/aromatic N) is 3.